The topological polar surface area (TPSA) is 122 Å². The fourth-order valence-electron chi connectivity index (χ4n) is 0.353. The van der Waals surface area contributed by atoms with Crippen molar-refractivity contribution in [3.63, 3.8) is 0 Å². The Morgan fingerprint density at radius 1 is 1.17 bits per heavy atom. The molecule has 0 radical (unpaired) electrons. The number of hydroxylamine groups is 4. The lowest BCUT2D eigenvalue weighted by atomic mass is 10.5. The van der Waals surface area contributed by atoms with Crippen LogP contribution in [0.1, 0.15) is 6.92 Å². The highest BCUT2D eigenvalue weighted by molar-refractivity contribution is 6.33. The number of carbonyl (C=O) groups excluding carboxylic acids is 2. The molecule has 0 spiro atoms. The normalized spacial score (nSPS) is 12.1. The number of aliphatic hydroxyl groups excluding tert-OH is 1. The third-order valence-electron chi connectivity index (χ3n) is 0.927. The second-order valence-corrected chi connectivity index (χ2v) is 1.88. The van der Waals surface area contributed by atoms with E-state index in [2.05, 4.69) is 0 Å². The van der Waals surface area contributed by atoms with Gasteiger partial charge in [0.2, 0.25) is 0 Å². The Morgan fingerprint density at radius 2 is 1.58 bits per heavy atom. The Hall–Kier alpha value is -1.22. The summed E-state index contributed by atoms with van der Waals surface area (Å²) in [4.78, 5) is 20.9. The number of amides is 2. The molecular formula is C4H8N2O6. The molecule has 0 aromatic carbocycles. The number of hydrogen-bond acceptors (Lipinski definition) is 6. The highest BCUT2D eigenvalue weighted by atomic mass is 16.8. The molecule has 0 bridgehead atoms. The second-order valence-electron chi connectivity index (χ2n) is 1.88. The molecule has 0 saturated heterocycles. The van der Waals surface area contributed by atoms with E-state index < -0.39 is 23.3 Å². The Morgan fingerprint density at radius 3 is 1.83 bits per heavy atom. The maximum Gasteiger partial charge on any atom is 0.363 e. The Kier molecular flexibility index (Phi) is 3.57. The van der Waals surface area contributed by atoms with Gasteiger partial charge in [-0.25, -0.2) is 0 Å². The summed E-state index contributed by atoms with van der Waals surface area (Å²) in [5.74, 6) is -3.44. The largest absolute Gasteiger partial charge is 0.372 e. The Labute approximate surface area is 66.7 Å². The van der Waals surface area contributed by atoms with E-state index in [0.29, 0.717) is 0 Å². The molecule has 4 N–H and O–H groups in total. The molecule has 0 aliphatic carbocycles. The molecule has 0 heterocycles. The average Bonchev–Trinajstić information content (AvgIpc) is 2.00. The van der Waals surface area contributed by atoms with E-state index in [-0.39, 0.29) is 5.06 Å². The van der Waals surface area contributed by atoms with Crippen molar-refractivity contribution < 1.29 is 30.3 Å². The molecule has 1 unspecified atom stereocenters. The van der Waals surface area contributed by atoms with Gasteiger partial charge in [0.05, 0.1) is 0 Å². The van der Waals surface area contributed by atoms with E-state index in [1.54, 1.807) is 0 Å². The zero-order chi connectivity index (χ0) is 9.89. The molecule has 8 nitrogen and oxygen atoms in total. The van der Waals surface area contributed by atoms with E-state index in [1.165, 1.54) is 0 Å². The van der Waals surface area contributed by atoms with Crippen LogP contribution in [-0.2, 0) is 9.59 Å². The minimum atomic E-state index is -1.78. The van der Waals surface area contributed by atoms with Crippen LogP contribution in [0.25, 0.3) is 0 Å². The summed E-state index contributed by atoms with van der Waals surface area (Å²) in [5, 5.41) is 31.8. The molecule has 12 heavy (non-hydrogen) atoms. The van der Waals surface area contributed by atoms with Crippen molar-refractivity contribution in [2.24, 2.45) is 0 Å². The van der Waals surface area contributed by atoms with Gasteiger partial charge in [0.25, 0.3) is 0 Å². The maximum absolute atomic E-state index is 10.5. The van der Waals surface area contributed by atoms with Crippen LogP contribution in [0.4, 0.5) is 0 Å². The summed E-state index contributed by atoms with van der Waals surface area (Å²) >= 11 is 0. The molecule has 1 atom stereocenters. The van der Waals surface area contributed by atoms with Gasteiger partial charge < -0.3 is 5.11 Å². The number of hydrogen-bond donors (Lipinski definition) is 4. The molecule has 0 aliphatic rings. The standard InChI is InChI=1S/C4H8N2O6/c1-2(7)5(10)3(8)4(9)6(11)12/h2,7,10-12H,1H3. The van der Waals surface area contributed by atoms with Crippen LogP contribution in [-0.4, -0.2) is 49.1 Å². The first-order chi connectivity index (χ1) is 5.37. The van der Waals surface area contributed by atoms with Crippen LogP contribution in [0.15, 0.2) is 0 Å². The summed E-state index contributed by atoms with van der Waals surface area (Å²) in [6.07, 6.45) is -1.61. The van der Waals surface area contributed by atoms with Crippen molar-refractivity contribution in [3.05, 3.63) is 0 Å². The zero-order valence-electron chi connectivity index (χ0n) is 6.08. The SMILES string of the molecule is CC(O)N(O)C(=O)C(=O)N(O)O. The predicted molar refractivity (Wildman–Crippen MR) is 30.7 cm³/mol. The lowest BCUT2D eigenvalue weighted by molar-refractivity contribution is -0.287. The number of nitrogens with zero attached hydrogens (tertiary/aromatic N) is 2. The fraction of sp³-hybridized carbons (Fsp3) is 0.500. The maximum atomic E-state index is 10.5. The minimum absolute atomic E-state index is 0.345. The molecule has 70 valence electrons. The minimum Gasteiger partial charge on any atom is -0.372 e. The van der Waals surface area contributed by atoms with Crippen molar-refractivity contribution in [2.45, 2.75) is 13.2 Å². The lowest BCUT2D eigenvalue weighted by Gasteiger charge is -2.17. The van der Waals surface area contributed by atoms with Crippen LogP contribution >= 0.6 is 0 Å². The van der Waals surface area contributed by atoms with E-state index >= 15 is 0 Å². The molecule has 0 aromatic rings. The second kappa shape index (κ2) is 3.97. The molecule has 0 rings (SSSR count). The molecule has 0 fully saturated rings. The quantitative estimate of drug-likeness (QED) is 0.162. The van der Waals surface area contributed by atoms with Gasteiger partial charge in [-0.15, -0.1) is 0 Å². The molecule has 0 saturated carbocycles. The highest BCUT2D eigenvalue weighted by Gasteiger charge is 2.27. The number of aliphatic hydroxyl groups is 1. The van der Waals surface area contributed by atoms with Crippen molar-refractivity contribution in [2.75, 3.05) is 0 Å². The van der Waals surface area contributed by atoms with Crippen molar-refractivity contribution in [1.29, 1.82) is 0 Å². The first kappa shape index (κ1) is 10.8. The van der Waals surface area contributed by atoms with E-state index in [0.717, 1.165) is 6.92 Å². The highest BCUT2D eigenvalue weighted by Crippen LogP contribution is 1.93. The third kappa shape index (κ3) is 2.43. The summed E-state index contributed by atoms with van der Waals surface area (Å²) in [6, 6.07) is 0. The van der Waals surface area contributed by atoms with Gasteiger partial charge in [0, 0.05) is 0 Å². The van der Waals surface area contributed by atoms with Crippen LogP contribution in [0.5, 0.6) is 0 Å². The van der Waals surface area contributed by atoms with Gasteiger partial charge in [-0.05, 0) is 6.92 Å². The van der Waals surface area contributed by atoms with Gasteiger partial charge in [-0.2, -0.15) is 5.06 Å². The number of carbonyl (C=O) groups is 2. The monoisotopic (exact) mass is 180 g/mol. The smallest absolute Gasteiger partial charge is 0.363 e. The fourth-order valence-corrected chi connectivity index (χ4v) is 0.353. The summed E-state index contributed by atoms with van der Waals surface area (Å²) in [6.45, 7) is 1.00. The van der Waals surface area contributed by atoms with Gasteiger partial charge in [0.1, 0.15) is 0 Å². The molecule has 0 aromatic heterocycles. The van der Waals surface area contributed by atoms with Gasteiger partial charge in [-0.3, -0.25) is 25.2 Å². The molecule has 2 amide bonds. The third-order valence-corrected chi connectivity index (χ3v) is 0.927. The van der Waals surface area contributed by atoms with Crippen molar-refractivity contribution in [3.8, 4) is 0 Å². The van der Waals surface area contributed by atoms with Crippen LogP contribution in [0, 0.1) is 0 Å². The van der Waals surface area contributed by atoms with Crippen molar-refractivity contribution in [1.82, 2.24) is 10.3 Å². The van der Waals surface area contributed by atoms with Gasteiger partial charge >= 0.3 is 11.8 Å². The molecular weight excluding hydrogens is 172 g/mol. The van der Waals surface area contributed by atoms with Gasteiger partial charge in [0.15, 0.2) is 6.23 Å². The zero-order valence-corrected chi connectivity index (χ0v) is 6.08. The Bertz CT molecular complexity index is 190. The van der Waals surface area contributed by atoms with Gasteiger partial charge in [-0.1, -0.05) is 5.23 Å². The molecule has 0 aliphatic heterocycles. The van der Waals surface area contributed by atoms with Crippen LogP contribution in [0.3, 0.4) is 0 Å². The van der Waals surface area contributed by atoms with E-state index in [1.807, 2.05) is 0 Å². The van der Waals surface area contributed by atoms with Crippen LogP contribution in [0.2, 0.25) is 0 Å². The Balaban J connectivity index is 4.30. The summed E-state index contributed by atoms with van der Waals surface area (Å²) in [5.41, 5.74) is 0. The van der Waals surface area contributed by atoms with E-state index in [4.69, 9.17) is 20.7 Å². The number of rotatable bonds is 1. The first-order valence-electron chi connectivity index (χ1n) is 2.80. The average molecular weight is 180 g/mol. The first-order valence-corrected chi connectivity index (χ1v) is 2.80. The predicted octanol–water partition coefficient (Wildman–Crippen LogP) is -1.85. The lowest BCUT2D eigenvalue weighted by Crippen LogP contribution is -2.45. The van der Waals surface area contributed by atoms with E-state index in [9.17, 15) is 9.59 Å². The van der Waals surface area contributed by atoms with Crippen molar-refractivity contribution >= 4 is 11.8 Å². The van der Waals surface area contributed by atoms with Crippen LogP contribution < -0.4 is 0 Å². The summed E-state index contributed by atoms with van der Waals surface area (Å²) in [7, 11) is 0. The summed E-state index contributed by atoms with van der Waals surface area (Å²) < 4.78 is 0. The molecule has 8 heteroatoms.